The number of hydrogen-bond acceptors (Lipinski definition) is 2. The summed E-state index contributed by atoms with van der Waals surface area (Å²) in [6, 6.07) is 14.7. The summed E-state index contributed by atoms with van der Waals surface area (Å²) >= 11 is 8.34. The van der Waals surface area contributed by atoms with Crippen LogP contribution >= 0.6 is 28.1 Å². The summed E-state index contributed by atoms with van der Waals surface area (Å²) in [5.41, 5.74) is 7.89. The van der Waals surface area contributed by atoms with Crippen molar-refractivity contribution in [2.24, 2.45) is 5.73 Å². The highest BCUT2D eigenvalue weighted by molar-refractivity contribution is 9.10. The van der Waals surface area contributed by atoms with Crippen LogP contribution in [0.1, 0.15) is 11.1 Å². The lowest BCUT2D eigenvalue weighted by atomic mass is 10.2. The van der Waals surface area contributed by atoms with Gasteiger partial charge in [0.05, 0.1) is 5.69 Å². The maximum atomic E-state index is 11.9. The quantitative estimate of drug-likeness (QED) is 0.729. The fourth-order valence-electron chi connectivity index (χ4n) is 1.77. The average Bonchev–Trinajstić information content (AvgIpc) is 2.48. The topological polar surface area (TPSA) is 67.1 Å². The molecule has 2 aromatic rings. The van der Waals surface area contributed by atoms with Crippen molar-refractivity contribution in [3.63, 3.8) is 0 Å². The molecule has 6 heteroatoms. The van der Waals surface area contributed by atoms with Crippen LogP contribution in [-0.2, 0) is 6.54 Å². The number of thiocarbonyl (C=S) groups is 1. The molecule has 0 aliphatic heterocycles. The Morgan fingerprint density at radius 1 is 1.19 bits per heavy atom. The maximum Gasteiger partial charge on any atom is 0.319 e. The van der Waals surface area contributed by atoms with Crippen LogP contribution in [0.4, 0.5) is 10.5 Å². The first kappa shape index (κ1) is 15.5. The largest absolute Gasteiger partial charge is 0.389 e. The summed E-state index contributed by atoms with van der Waals surface area (Å²) in [5, 5.41) is 5.53. The van der Waals surface area contributed by atoms with Gasteiger partial charge in [0, 0.05) is 16.6 Å². The van der Waals surface area contributed by atoms with Crippen LogP contribution in [0.2, 0.25) is 0 Å². The summed E-state index contributed by atoms with van der Waals surface area (Å²) in [4.78, 5) is 12.2. The lowest BCUT2D eigenvalue weighted by molar-refractivity contribution is 0.251. The SMILES string of the molecule is NC(=S)c1cc(Br)ccc1NC(=O)NCc1ccccc1. The number of carbonyl (C=O) groups is 1. The van der Waals surface area contributed by atoms with E-state index in [2.05, 4.69) is 26.6 Å². The molecular weight excluding hydrogens is 350 g/mol. The number of urea groups is 1. The Balaban J connectivity index is 2.01. The number of amides is 2. The van der Waals surface area contributed by atoms with Gasteiger partial charge in [-0.05, 0) is 23.8 Å². The van der Waals surface area contributed by atoms with E-state index in [0.717, 1.165) is 10.0 Å². The molecule has 0 unspecified atom stereocenters. The van der Waals surface area contributed by atoms with Crippen LogP contribution < -0.4 is 16.4 Å². The number of nitrogens with two attached hydrogens (primary N) is 1. The van der Waals surface area contributed by atoms with Gasteiger partial charge in [0.15, 0.2) is 0 Å². The van der Waals surface area contributed by atoms with Gasteiger partial charge in [-0.2, -0.15) is 0 Å². The summed E-state index contributed by atoms with van der Waals surface area (Å²) in [7, 11) is 0. The molecule has 4 N–H and O–H groups in total. The molecule has 108 valence electrons. The summed E-state index contributed by atoms with van der Waals surface area (Å²) in [6.45, 7) is 0.450. The van der Waals surface area contributed by atoms with Crippen LogP contribution in [0, 0.1) is 0 Å². The molecule has 2 aromatic carbocycles. The minimum atomic E-state index is -0.307. The third-order valence-electron chi connectivity index (χ3n) is 2.79. The van der Waals surface area contributed by atoms with E-state index in [0.29, 0.717) is 17.8 Å². The van der Waals surface area contributed by atoms with Gasteiger partial charge in [-0.3, -0.25) is 0 Å². The number of nitrogens with one attached hydrogen (secondary N) is 2. The van der Waals surface area contributed by atoms with E-state index >= 15 is 0 Å². The van der Waals surface area contributed by atoms with Crippen molar-refractivity contribution >= 4 is 44.9 Å². The van der Waals surface area contributed by atoms with E-state index in [1.165, 1.54) is 0 Å². The van der Waals surface area contributed by atoms with Crippen LogP contribution in [0.3, 0.4) is 0 Å². The molecule has 0 saturated carbocycles. The normalized spacial score (nSPS) is 9.95. The zero-order valence-electron chi connectivity index (χ0n) is 11.1. The van der Waals surface area contributed by atoms with Crippen LogP contribution in [0.15, 0.2) is 53.0 Å². The Morgan fingerprint density at radius 2 is 1.90 bits per heavy atom. The Bertz CT molecular complexity index is 661. The molecule has 0 aromatic heterocycles. The summed E-state index contributed by atoms with van der Waals surface area (Å²) in [5.74, 6) is 0. The standard InChI is InChI=1S/C15H14BrN3OS/c16-11-6-7-13(12(8-11)14(17)21)19-15(20)18-9-10-4-2-1-3-5-10/h1-8H,9H2,(H2,17,21)(H2,18,19,20). The van der Waals surface area contributed by atoms with Crippen molar-refractivity contribution in [2.45, 2.75) is 6.54 Å². The number of halogens is 1. The molecule has 0 spiro atoms. The molecule has 2 amide bonds. The second-order valence-corrected chi connectivity index (χ2v) is 5.70. The predicted molar refractivity (Wildman–Crippen MR) is 92.3 cm³/mol. The Labute approximate surface area is 136 Å². The fraction of sp³-hybridized carbons (Fsp3) is 0.0667. The molecule has 0 saturated heterocycles. The summed E-state index contributed by atoms with van der Waals surface area (Å²) < 4.78 is 0.848. The van der Waals surface area contributed by atoms with Gasteiger partial charge in [-0.25, -0.2) is 4.79 Å². The Morgan fingerprint density at radius 3 is 2.57 bits per heavy atom. The van der Waals surface area contributed by atoms with Crippen LogP contribution in [-0.4, -0.2) is 11.0 Å². The van der Waals surface area contributed by atoms with E-state index in [1.54, 1.807) is 12.1 Å². The van der Waals surface area contributed by atoms with Crippen molar-refractivity contribution in [3.8, 4) is 0 Å². The molecule has 0 aliphatic carbocycles. The molecule has 0 atom stereocenters. The minimum Gasteiger partial charge on any atom is -0.389 e. The van der Waals surface area contributed by atoms with Crippen molar-refractivity contribution < 1.29 is 4.79 Å². The zero-order valence-corrected chi connectivity index (χ0v) is 13.5. The first-order valence-corrected chi connectivity index (χ1v) is 7.44. The van der Waals surface area contributed by atoms with Gasteiger partial charge in [-0.1, -0.05) is 58.5 Å². The Kier molecular flexibility index (Phi) is 5.30. The zero-order chi connectivity index (χ0) is 15.2. The van der Waals surface area contributed by atoms with E-state index in [9.17, 15) is 4.79 Å². The number of anilines is 1. The lowest BCUT2D eigenvalue weighted by Crippen LogP contribution is -2.29. The third kappa shape index (κ3) is 4.54. The molecular formula is C15H14BrN3OS. The van der Waals surface area contributed by atoms with E-state index < -0.39 is 0 Å². The maximum absolute atomic E-state index is 11.9. The average molecular weight is 364 g/mol. The highest BCUT2D eigenvalue weighted by Gasteiger charge is 2.09. The Hall–Kier alpha value is -1.92. The van der Waals surface area contributed by atoms with Gasteiger partial charge >= 0.3 is 6.03 Å². The van der Waals surface area contributed by atoms with Crippen molar-refractivity contribution in [3.05, 3.63) is 64.1 Å². The van der Waals surface area contributed by atoms with Gasteiger partial charge in [0.1, 0.15) is 4.99 Å². The van der Waals surface area contributed by atoms with Gasteiger partial charge in [0.25, 0.3) is 0 Å². The fourth-order valence-corrected chi connectivity index (χ4v) is 2.30. The first-order valence-electron chi connectivity index (χ1n) is 6.24. The monoisotopic (exact) mass is 363 g/mol. The van der Waals surface area contributed by atoms with Crippen LogP contribution in [0.5, 0.6) is 0 Å². The van der Waals surface area contributed by atoms with E-state index in [1.807, 2.05) is 36.4 Å². The van der Waals surface area contributed by atoms with Gasteiger partial charge in [-0.15, -0.1) is 0 Å². The van der Waals surface area contributed by atoms with Crippen molar-refractivity contribution in [1.29, 1.82) is 0 Å². The van der Waals surface area contributed by atoms with Gasteiger partial charge < -0.3 is 16.4 Å². The van der Waals surface area contributed by atoms with Crippen molar-refractivity contribution in [2.75, 3.05) is 5.32 Å². The molecule has 0 aliphatic rings. The first-order chi connectivity index (χ1) is 10.1. The molecule has 0 heterocycles. The molecule has 4 nitrogen and oxygen atoms in total. The number of rotatable bonds is 4. The molecule has 0 radical (unpaired) electrons. The summed E-state index contributed by atoms with van der Waals surface area (Å²) in [6.07, 6.45) is 0. The lowest BCUT2D eigenvalue weighted by Gasteiger charge is -2.11. The van der Waals surface area contributed by atoms with Gasteiger partial charge in [0.2, 0.25) is 0 Å². The second-order valence-electron chi connectivity index (χ2n) is 4.35. The molecule has 0 bridgehead atoms. The highest BCUT2D eigenvalue weighted by Crippen LogP contribution is 2.21. The van der Waals surface area contributed by atoms with E-state index in [-0.39, 0.29) is 11.0 Å². The highest BCUT2D eigenvalue weighted by atomic mass is 79.9. The van der Waals surface area contributed by atoms with Crippen LogP contribution in [0.25, 0.3) is 0 Å². The molecule has 0 fully saturated rings. The third-order valence-corrected chi connectivity index (χ3v) is 3.50. The second kappa shape index (κ2) is 7.19. The number of carbonyl (C=O) groups excluding carboxylic acids is 1. The molecule has 21 heavy (non-hydrogen) atoms. The predicted octanol–water partition coefficient (Wildman–Crippen LogP) is 3.41. The number of benzene rings is 2. The van der Waals surface area contributed by atoms with Crippen molar-refractivity contribution in [1.82, 2.24) is 5.32 Å². The molecule has 2 rings (SSSR count). The van der Waals surface area contributed by atoms with E-state index in [4.69, 9.17) is 18.0 Å². The smallest absolute Gasteiger partial charge is 0.319 e. The minimum absolute atomic E-state index is 0.231. The number of hydrogen-bond donors (Lipinski definition) is 3.